The van der Waals surface area contributed by atoms with Gasteiger partial charge in [0.1, 0.15) is 0 Å². The fraction of sp³-hybridized carbons (Fsp3) is 0.111. The Kier molecular flexibility index (Phi) is 6.87. The van der Waals surface area contributed by atoms with E-state index in [0.717, 1.165) is 26.9 Å². The van der Waals surface area contributed by atoms with E-state index in [0.29, 0.717) is 12.3 Å². The number of anilines is 1. The molecular formula is C27H23AsN2O5. The van der Waals surface area contributed by atoms with Crippen molar-refractivity contribution in [3.63, 3.8) is 0 Å². The van der Waals surface area contributed by atoms with Gasteiger partial charge in [-0.2, -0.15) is 0 Å². The number of ether oxygens (including phenoxy) is 3. The molecule has 0 radical (unpaired) electrons. The van der Waals surface area contributed by atoms with E-state index in [1.165, 1.54) is 4.90 Å². The number of rotatable bonds is 6. The molecule has 1 atom stereocenters. The van der Waals surface area contributed by atoms with Crippen molar-refractivity contribution in [3.05, 3.63) is 114 Å². The van der Waals surface area contributed by atoms with Gasteiger partial charge in [-0.15, -0.1) is 0 Å². The van der Waals surface area contributed by atoms with Crippen molar-refractivity contribution in [1.82, 2.24) is 4.90 Å². The van der Waals surface area contributed by atoms with Crippen LogP contribution in [0.2, 0.25) is 0 Å². The van der Waals surface area contributed by atoms with Crippen LogP contribution in [0.15, 0.2) is 103 Å². The molecule has 2 heterocycles. The van der Waals surface area contributed by atoms with Crippen LogP contribution in [-0.2, 0) is 22.7 Å². The minimum absolute atomic E-state index is 0.177. The van der Waals surface area contributed by atoms with Crippen LogP contribution < -0.4 is 14.0 Å². The number of hydrogen-bond acceptors (Lipinski definition) is 6. The molecule has 0 N–H and O–H groups in total. The van der Waals surface area contributed by atoms with Crippen LogP contribution in [0.5, 0.6) is 5.75 Å². The molecule has 3 aromatic rings. The number of fused-ring (bicyclic) bond motifs is 3. The van der Waals surface area contributed by atoms with Crippen molar-refractivity contribution in [2.45, 2.75) is 13.2 Å². The molecule has 0 saturated carbocycles. The van der Waals surface area contributed by atoms with Crippen molar-refractivity contribution < 1.29 is 23.8 Å². The second-order valence-corrected chi connectivity index (χ2v) is 10.5. The van der Waals surface area contributed by atoms with Crippen LogP contribution in [0.1, 0.15) is 11.1 Å². The molecule has 1 unspecified atom stereocenters. The van der Waals surface area contributed by atoms with Crippen molar-refractivity contribution in [3.8, 4) is 5.75 Å². The molecule has 3 aromatic carbocycles. The first-order valence-electron chi connectivity index (χ1n) is 11.1. The molecule has 35 heavy (non-hydrogen) atoms. The van der Waals surface area contributed by atoms with Gasteiger partial charge in [-0.05, 0) is 0 Å². The molecule has 0 fully saturated rings. The topological polar surface area (TPSA) is 68.3 Å². The average molecular weight is 530 g/mol. The summed E-state index contributed by atoms with van der Waals surface area (Å²) < 4.78 is 17.5. The van der Waals surface area contributed by atoms with E-state index in [4.69, 9.17) is 14.2 Å². The van der Waals surface area contributed by atoms with Crippen molar-refractivity contribution in [1.29, 1.82) is 0 Å². The summed E-state index contributed by atoms with van der Waals surface area (Å²) in [5, 5.41) is 0. The Labute approximate surface area is 209 Å². The third kappa shape index (κ3) is 5.58. The Bertz CT molecular complexity index is 1280. The number of amides is 1. The normalized spacial score (nSPS) is 14.1. The van der Waals surface area contributed by atoms with Crippen molar-refractivity contribution in [2.75, 3.05) is 11.4 Å². The molecule has 176 valence electrons. The van der Waals surface area contributed by atoms with Crippen LogP contribution >= 0.6 is 0 Å². The first-order chi connectivity index (χ1) is 17.2. The first kappa shape index (κ1) is 22.8. The standard InChI is InChI=1S/C27H23AsN2O5/c31-26(34-17-20-7-3-1-4-8-20)28-22-11-12-24-25(15-22)33-19-23-16-29(13-14-30(23)24)27(32)35-18-21-9-5-2-6-10-21/h1-15,19,28H,16-18H2. The van der Waals surface area contributed by atoms with Gasteiger partial charge in [0, 0.05) is 0 Å². The molecule has 0 bridgehead atoms. The second kappa shape index (κ2) is 10.5. The minimum atomic E-state index is -1.13. The summed E-state index contributed by atoms with van der Waals surface area (Å²) >= 11 is -1.13. The van der Waals surface area contributed by atoms with E-state index < -0.39 is 21.8 Å². The van der Waals surface area contributed by atoms with Crippen LogP contribution in [0, 0.1) is 0 Å². The SMILES string of the molecule is O=C(OCc1ccccc1)[AsH]c1ccc2c(c1)OC=C1CN(C(=O)OCc3ccccc3)C=CN12. The molecular weight excluding hydrogens is 507 g/mol. The van der Waals surface area contributed by atoms with Crippen LogP contribution in [0.4, 0.5) is 15.3 Å². The fourth-order valence-corrected chi connectivity index (χ4v) is 5.27. The van der Waals surface area contributed by atoms with Gasteiger partial charge in [0.05, 0.1) is 0 Å². The van der Waals surface area contributed by atoms with Gasteiger partial charge in [-0.25, -0.2) is 0 Å². The van der Waals surface area contributed by atoms with Gasteiger partial charge in [0.25, 0.3) is 0 Å². The van der Waals surface area contributed by atoms with Crippen LogP contribution in [0.3, 0.4) is 0 Å². The van der Waals surface area contributed by atoms with Crippen LogP contribution in [-0.4, -0.2) is 38.0 Å². The predicted octanol–water partition coefficient (Wildman–Crippen LogP) is 4.25. The molecule has 2 aliphatic rings. The summed E-state index contributed by atoms with van der Waals surface area (Å²) in [6.45, 7) is 0.816. The fourth-order valence-electron chi connectivity index (χ4n) is 3.70. The Balaban J connectivity index is 1.19. The first-order valence-corrected chi connectivity index (χ1v) is 13.2. The number of carbonyl (C=O) groups excluding carboxylic acids is 2. The van der Waals surface area contributed by atoms with Gasteiger partial charge in [0.2, 0.25) is 0 Å². The molecule has 0 aromatic heterocycles. The maximum atomic E-state index is 12.5. The summed E-state index contributed by atoms with van der Waals surface area (Å²) in [4.78, 5) is 28.3. The Morgan fingerprint density at radius 2 is 1.54 bits per heavy atom. The molecule has 5 rings (SSSR count). The molecule has 8 heteroatoms. The Hall–Kier alpha value is -3.96. The van der Waals surface area contributed by atoms with E-state index in [9.17, 15) is 9.59 Å². The van der Waals surface area contributed by atoms with Gasteiger partial charge in [0.15, 0.2) is 0 Å². The number of hydrogen-bond donors (Lipinski definition) is 0. The molecule has 0 saturated heterocycles. The van der Waals surface area contributed by atoms with Gasteiger partial charge in [-0.3, -0.25) is 0 Å². The number of nitrogens with zero attached hydrogens (tertiary/aromatic N) is 2. The maximum absolute atomic E-state index is 12.5. The summed E-state index contributed by atoms with van der Waals surface area (Å²) in [6.07, 6.45) is 4.71. The number of carbonyl (C=O) groups is 2. The quantitative estimate of drug-likeness (QED) is 0.444. The van der Waals surface area contributed by atoms with E-state index in [-0.39, 0.29) is 18.0 Å². The summed E-state index contributed by atoms with van der Waals surface area (Å²) in [5.41, 5.74) is 3.56. The average Bonchev–Trinajstić information content (AvgIpc) is 2.91. The monoisotopic (exact) mass is 530 g/mol. The second-order valence-electron chi connectivity index (χ2n) is 7.93. The van der Waals surface area contributed by atoms with Gasteiger partial charge in [-0.1, -0.05) is 30.3 Å². The molecule has 0 aliphatic carbocycles. The zero-order valence-electron chi connectivity index (χ0n) is 18.8. The van der Waals surface area contributed by atoms with Crippen LogP contribution in [0.25, 0.3) is 0 Å². The third-order valence-corrected chi connectivity index (χ3v) is 7.47. The zero-order chi connectivity index (χ0) is 24.0. The number of benzene rings is 3. The molecule has 0 spiro atoms. The van der Waals surface area contributed by atoms with Crippen molar-refractivity contribution >= 4 is 36.6 Å². The molecule has 7 nitrogen and oxygen atoms in total. The van der Waals surface area contributed by atoms with E-state index >= 15 is 0 Å². The molecule has 2 aliphatic heterocycles. The Morgan fingerprint density at radius 1 is 0.857 bits per heavy atom. The summed E-state index contributed by atoms with van der Waals surface area (Å²) in [7, 11) is 0. The predicted molar refractivity (Wildman–Crippen MR) is 134 cm³/mol. The van der Waals surface area contributed by atoms with E-state index in [2.05, 4.69) is 0 Å². The molecule has 1 amide bonds. The van der Waals surface area contributed by atoms with Gasteiger partial charge < -0.3 is 0 Å². The van der Waals surface area contributed by atoms with Gasteiger partial charge >= 0.3 is 180 Å². The Morgan fingerprint density at radius 3 is 2.26 bits per heavy atom. The van der Waals surface area contributed by atoms with E-state index in [1.807, 2.05) is 90.0 Å². The third-order valence-electron chi connectivity index (χ3n) is 5.48. The zero-order valence-corrected chi connectivity index (χ0v) is 20.9. The van der Waals surface area contributed by atoms with Crippen molar-refractivity contribution in [2.24, 2.45) is 0 Å². The summed E-state index contributed by atoms with van der Waals surface area (Å²) in [6, 6.07) is 24.9. The summed E-state index contributed by atoms with van der Waals surface area (Å²) in [5.74, 6) is 0.663. The van der Waals surface area contributed by atoms with E-state index in [1.54, 1.807) is 12.5 Å².